The zero-order valence-electron chi connectivity index (χ0n) is 9.40. The molecule has 0 aliphatic carbocycles. The van der Waals surface area contributed by atoms with Crippen molar-refractivity contribution in [3.05, 3.63) is 35.4 Å². The first-order valence-corrected chi connectivity index (χ1v) is 5.09. The molecular formula is C14H12O3. The smallest absolute Gasteiger partial charge is 0.335 e. The maximum Gasteiger partial charge on any atom is 0.335 e. The zero-order chi connectivity index (χ0) is 12.7. The quantitative estimate of drug-likeness (QED) is 0.751. The molecule has 1 aromatic rings. The van der Waals surface area contributed by atoms with Crippen LogP contribution in [0.4, 0.5) is 0 Å². The average Bonchev–Trinajstić information content (AvgIpc) is 2.34. The summed E-state index contributed by atoms with van der Waals surface area (Å²) in [6.07, 6.45) is 0. The molecular weight excluding hydrogens is 216 g/mol. The van der Waals surface area contributed by atoms with Gasteiger partial charge in [0.1, 0.15) is 0 Å². The maximum atomic E-state index is 10.6. The van der Waals surface area contributed by atoms with E-state index in [1.807, 2.05) is 0 Å². The molecule has 1 rings (SSSR count). The second kappa shape index (κ2) is 6.37. The first kappa shape index (κ1) is 12.8. The molecule has 0 aliphatic rings. The van der Waals surface area contributed by atoms with Crippen LogP contribution >= 0.6 is 0 Å². The van der Waals surface area contributed by atoms with E-state index in [1.165, 1.54) is 12.1 Å². The molecule has 0 aromatic heterocycles. The number of hydrogen-bond donors (Lipinski definition) is 2. The van der Waals surface area contributed by atoms with E-state index >= 15 is 0 Å². The third-order valence-corrected chi connectivity index (χ3v) is 1.99. The first-order valence-electron chi connectivity index (χ1n) is 5.09. The van der Waals surface area contributed by atoms with E-state index in [0.29, 0.717) is 5.56 Å². The predicted molar refractivity (Wildman–Crippen MR) is 64.3 cm³/mol. The van der Waals surface area contributed by atoms with Crippen molar-refractivity contribution in [1.29, 1.82) is 0 Å². The summed E-state index contributed by atoms with van der Waals surface area (Å²) in [7, 11) is 0. The summed E-state index contributed by atoms with van der Waals surface area (Å²) in [6, 6.07) is 6.26. The highest BCUT2D eigenvalue weighted by molar-refractivity contribution is 5.87. The molecule has 0 heterocycles. The van der Waals surface area contributed by atoms with E-state index in [0.717, 1.165) is 0 Å². The summed E-state index contributed by atoms with van der Waals surface area (Å²) in [5.41, 5.74) is 0.941. The number of carbonyl (C=O) groups is 1. The van der Waals surface area contributed by atoms with E-state index in [-0.39, 0.29) is 18.1 Å². The van der Waals surface area contributed by atoms with Gasteiger partial charge in [0.05, 0.1) is 12.2 Å². The van der Waals surface area contributed by atoms with Crippen LogP contribution in [0.2, 0.25) is 0 Å². The summed E-state index contributed by atoms with van der Waals surface area (Å²) >= 11 is 0. The van der Waals surface area contributed by atoms with Gasteiger partial charge in [-0.15, -0.1) is 0 Å². The van der Waals surface area contributed by atoms with Gasteiger partial charge in [0.2, 0.25) is 0 Å². The minimum absolute atomic E-state index is 0.0159. The van der Waals surface area contributed by atoms with Crippen LogP contribution in [-0.2, 0) is 0 Å². The Balaban J connectivity index is 2.72. The van der Waals surface area contributed by atoms with Crippen LogP contribution in [0.25, 0.3) is 0 Å². The van der Waals surface area contributed by atoms with E-state index in [1.54, 1.807) is 19.1 Å². The van der Waals surface area contributed by atoms with Crippen molar-refractivity contribution in [1.82, 2.24) is 0 Å². The minimum Gasteiger partial charge on any atom is -0.478 e. The Kier molecular flexibility index (Phi) is 4.81. The third-order valence-electron chi connectivity index (χ3n) is 1.99. The highest BCUT2D eigenvalue weighted by Gasteiger charge is 1.99. The average molecular weight is 228 g/mol. The molecule has 0 saturated carbocycles. The summed E-state index contributed by atoms with van der Waals surface area (Å²) < 4.78 is 0. The van der Waals surface area contributed by atoms with Crippen LogP contribution in [0.5, 0.6) is 0 Å². The van der Waals surface area contributed by atoms with Gasteiger partial charge in [-0.2, -0.15) is 0 Å². The fraction of sp³-hybridized carbons (Fsp3) is 0.214. The summed E-state index contributed by atoms with van der Waals surface area (Å²) in [5, 5.41) is 17.4. The van der Waals surface area contributed by atoms with Gasteiger partial charge in [0.15, 0.2) is 0 Å². The minimum atomic E-state index is -0.957. The molecule has 17 heavy (non-hydrogen) atoms. The fourth-order valence-electron chi connectivity index (χ4n) is 1.00. The second-order valence-electron chi connectivity index (χ2n) is 3.49. The molecule has 1 atom stereocenters. The van der Waals surface area contributed by atoms with Gasteiger partial charge >= 0.3 is 5.97 Å². The highest BCUT2D eigenvalue weighted by Crippen LogP contribution is 2.02. The normalized spacial score (nSPS) is 10.5. The Morgan fingerprint density at radius 2 is 1.94 bits per heavy atom. The molecule has 1 unspecified atom stereocenters. The molecule has 2 N–H and O–H groups in total. The Morgan fingerprint density at radius 1 is 1.29 bits per heavy atom. The predicted octanol–water partition coefficient (Wildman–Crippen LogP) is 1.37. The number of aliphatic hydroxyl groups excluding tert-OH is 1. The Hall–Kier alpha value is -2.23. The SMILES string of the molecule is CC(C#CC#Cc1ccc(C(=O)O)cc1)CO. The van der Waals surface area contributed by atoms with E-state index in [9.17, 15) is 4.79 Å². The zero-order valence-corrected chi connectivity index (χ0v) is 9.40. The van der Waals surface area contributed by atoms with Gasteiger partial charge in [0.25, 0.3) is 0 Å². The molecule has 0 amide bonds. The summed E-state index contributed by atoms with van der Waals surface area (Å²) in [6.45, 7) is 1.82. The second-order valence-corrected chi connectivity index (χ2v) is 3.49. The first-order chi connectivity index (χ1) is 8.13. The van der Waals surface area contributed by atoms with Gasteiger partial charge in [-0.25, -0.2) is 4.79 Å². The Bertz CT molecular complexity index is 506. The Morgan fingerprint density at radius 3 is 2.47 bits per heavy atom. The van der Waals surface area contributed by atoms with Crippen LogP contribution in [0.15, 0.2) is 24.3 Å². The summed E-state index contributed by atoms with van der Waals surface area (Å²) in [4.78, 5) is 10.6. The standard InChI is InChI=1S/C14H12O3/c1-11(10-15)4-2-3-5-12-6-8-13(9-7-12)14(16)17/h6-9,11,15H,10H2,1H3,(H,16,17). The molecule has 1 aromatic carbocycles. The Labute approximate surface area is 100 Å². The molecule has 0 aliphatic heterocycles. The molecule has 0 fully saturated rings. The van der Waals surface area contributed by atoms with Gasteiger partial charge in [-0.1, -0.05) is 11.8 Å². The number of aromatic carboxylic acids is 1. The lowest BCUT2D eigenvalue weighted by Gasteiger charge is -1.93. The van der Waals surface area contributed by atoms with Crippen molar-refractivity contribution in [2.24, 2.45) is 5.92 Å². The van der Waals surface area contributed by atoms with Crippen molar-refractivity contribution < 1.29 is 15.0 Å². The lowest BCUT2D eigenvalue weighted by molar-refractivity contribution is 0.0697. The van der Waals surface area contributed by atoms with Crippen molar-refractivity contribution in [2.75, 3.05) is 6.61 Å². The van der Waals surface area contributed by atoms with Crippen molar-refractivity contribution >= 4 is 5.97 Å². The van der Waals surface area contributed by atoms with E-state index < -0.39 is 5.97 Å². The van der Waals surface area contributed by atoms with Crippen molar-refractivity contribution in [2.45, 2.75) is 6.92 Å². The third kappa shape index (κ3) is 4.42. The van der Waals surface area contributed by atoms with Gasteiger partial charge in [-0.05, 0) is 43.0 Å². The molecule has 86 valence electrons. The number of aliphatic hydroxyl groups is 1. The summed E-state index contributed by atoms with van der Waals surface area (Å²) in [5.74, 6) is 9.80. The lowest BCUT2D eigenvalue weighted by Crippen LogP contribution is -1.95. The molecule has 3 heteroatoms. The van der Waals surface area contributed by atoms with Crippen molar-refractivity contribution in [3.63, 3.8) is 0 Å². The highest BCUT2D eigenvalue weighted by atomic mass is 16.4. The largest absolute Gasteiger partial charge is 0.478 e. The maximum absolute atomic E-state index is 10.6. The number of rotatable bonds is 2. The number of carboxylic acids is 1. The number of hydrogen-bond acceptors (Lipinski definition) is 2. The lowest BCUT2D eigenvalue weighted by atomic mass is 10.1. The molecule has 3 nitrogen and oxygen atoms in total. The number of benzene rings is 1. The molecule has 0 bridgehead atoms. The molecule has 0 saturated heterocycles. The van der Waals surface area contributed by atoms with Gasteiger partial charge in [0, 0.05) is 11.5 Å². The van der Waals surface area contributed by atoms with Gasteiger partial charge in [-0.3, -0.25) is 0 Å². The molecule has 0 radical (unpaired) electrons. The van der Waals surface area contributed by atoms with Crippen LogP contribution in [-0.4, -0.2) is 22.8 Å². The number of carboxylic acid groups (broad SMARTS) is 1. The van der Waals surface area contributed by atoms with Crippen LogP contribution in [0, 0.1) is 29.6 Å². The van der Waals surface area contributed by atoms with Gasteiger partial charge < -0.3 is 10.2 Å². The van der Waals surface area contributed by atoms with Crippen LogP contribution < -0.4 is 0 Å². The van der Waals surface area contributed by atoms with E-state index in [4.69, 9.17) is 10.2 Å². The topological polar surface area (TPSA) is 57.5 Å². The van der Waals surface area contributed by atoms with E-state index in [2.05, 4.69) is 23.7 Å². The van der Waals surface area contributed by atoms with Crippen molar-refractivity contribution in [3.8, 4) is 23.7 Å². The van der Waals surface area contributed by atoms with Crippen LogP contribution in [0.1, 0.15) is 22.8 Å². The molecule has 0 spiro atoms. The monoisotopic (exact) mass is 228 g/mol. The fourth-order valence-corrected chi connectivity index (χ4v) is 1.00. The van der Waals surface area contributed by atoms with Crippen LogP contribution in [0.3, 0.4) is 0 Å².